The summed E-state index contributed by atoms with van der Waals surface area (Å²) >= 11 is 11.6. The molecule has 0 spiro atoms. The molecule has 1 saturated heterocycles. The minimum atomic E-state index is -3.80. The molecule has 1 aliphatic heterocycles. The van der Waals surface area contributed by atoms with Gasteiger partial charge in [-0.25, -0.2) is 8.42 Å². The number of halogens is 2. The first-order valence-corrected chi connectivity index (χ1v) is 12.3. The first-order valence-electron chi connectivity index (χ1n) is 8.02. The van der Waals surface area contributed by atoms with Crippen LogP contribution in [0.3, 0.4) is 0 Å². The molecule has 4 heterocycles. The van der Waals surface area contributed by atoms with Crippen LogP contribution in [0.1, 0.15) is 12.8 Å². The second kappa shape index (κ2) is 7.84. The lowest BCUT2D eigenvalue weighted by atomic mass is 10.2. The van der Waals surface area contributed by atoms with Crippen molar-refractivity contribution in [3.63, 3.8) is 0 Å². The molecule has 0 bridgehead atoms. The molecule has 1 aliphatic rings. The van der Waals surface area contributed by atoms with Crippen LogP contribution >= 0.6 is 50.2 Å². The van der Waals surface area contributed by atoms with Gasteiger partial charge in [0.05, 0.1) is 13.0 Å². The smallest absolute Gasteiger partial charge is 0.322 e. The third kappa shape index (κ3) is 3.89. The fraction of sp³-hybridized carbons (Fsp3) is 0.267. The maximum atomic E-state index is 12.8. The maximum Gasteiger partial charge on any atom is 0.322 e. The molecule has 1 unspecified atom stereocenters. The number of amides is 1. The number of carbonyl (C=O) groups is 1. The fourth-order valence-electron chi connectivity index (χ4n) is 2.83. The van der Waals surface area contributed by atoms with Crippen LogP contribution in [0.15, 0.2) is 36.7 Å². The number of hydrogen-bond donors (Lipinski definition) is 1. The number of thiophene rings is 2. The molecule has 0 saturated carbocycles. The van der Waals surface area contributed by atoms with Gasteiger partial charge in [-0.3, -0.25) is 10.1 Å². The molecule has 28 heavy (non-hydrogen) atoms. The highest BCUT2D eigenvalue weighted by atomic mass is 79.9. The van der Waals surface area contributed by atoms with E-state index in [9.17, 15) is 13.2 Å². The Morgan fingerprint density at radius 3 is 2.79 bits per heavy atom. The summed E-state index contributed by atoms with van der Waals surface area (Å²) in [7, 11) is -3.80. The number of nitrogens with zero attached hydrogens (tertiary/aromatic N) is 3. The van der Waals surface area contributed by atoms with Crippen molar-refractivity contribution in [2.24, 2.45) is 0 Å². The van der Waals surface area contributed by atoms with Crippen LogP contribution in [0.5, 0.6) is 0 Å². The Labute approximate surface area is 181 Å². The summed E-state index contributed by atoms with van der Waals surface area (Å²) in [4.78, 5) is 13.4. The van der Waals surface area contributed by atoms with E-state index in [0.717, 1.165) is 20.0 Å². The molecule has 0 radical (unpaired) electrons. The van der Waals surface area contributed by atoms with E-state index in [-0.39, 0.29) is 22.7 Å². The van der Waals surface area contributed by atoms with Crippen molar-refractivity contribution in [3.8, 4) is 10.8 Å². The van der Waals surface area contributed by atoms with Crippen molar-refractivity contribution >= 4 is 72.1 Å². The number of hydrogen-bond acceptors (Lipinski definition) is 8. The van der Waals surface area contributed by atoms with Gasteiger partial charge in [0, 0.05) is 6.54 Å². The van der Waals surface area contributed by atoms with Crippen molar-refractivity contribution in [3.05, 3.63) is 32.4 Å². The summed E-state index contributed by atoms with van der Waals surface area (Å²) in [5.74, 6) is -0.235. The molecule has 4 rings (SSSR count). The van der Waals surface area contributed by atoms with Gasteiger partial charge in [0.1, 0.15) is 10.3 Å². The summed E-state index contributed by atoms with van der Waals surface area (Å²) in [6.45, 7) is 0.258. The molecule has 13 heteroatoms. The van der Waals surface area contributed by atoms with E-state index >= 15 is 0 Å². The van der Waals surface area contributed by atoms with Crippen LogP contribution in [0.4, 0.5) is 6.01 Å². The summed E-state index contributed by atoms with van der Waals surface area (Å²) < 4.78 is 33.8. The van der Waals surface area contributed by atoms with E-state index in [1.807, 2.05) is 12.1 Å². The van der Waals surface area contributed by atoms with Crippen molar-refractivity contribution in [2.75, 3.05) is 11.9 Å². The first kappa shape index (κ1) is 20.0. The molecule has 0 aliphatic carbocycles. The van der Waals surface area contributed by atoms with E-state index in [0.29, 0.717) is 17.2 Å². The second-order valence-corrected chi connectivity index (χ2v) is 12.1. The highest BCUT2D eigenvalue weighted by molar-refractivity contribution is 9.11. The molecule has 3 aromatic heterocycles. The van der Waals surface area contributed by atoms with E-state index in [1.165, 1.54) is 27.8 Å². The number of carbonyl (C=O) groups excluding carboxylic acids is 1. The standard InChI is InChI=1S/C15H12BrClN4O4S3/c16-10-4-3-9(26-10)14-19-20-15(25-14)18-13(22)8-2-1-7-21(8)28(23,24)12-6-5-11(17)27-12/h3-6,8H,1-2,7H2,(H,18,20,22). The van der Waals surface area contributed by atoms with Gasteiger partial charge in [-0.1, -0.05) is 16.7 Å². The third-order valence-electron chi connectivity index (χ3n) is 4.06. The zero-order chi connectivity index (χ0) is 19.9. The molecule has 1 amide bonds. The lowest BCUT2D eigenvalue weighted by Gasteiger charge is -2.21. The quantitative estimate of drug-likeness (QED) is 0.540. The van der Waals surface area contributed by atoms with Crippen LogP contribution in [0.25, 0.3) is 10.8 Å². The summed E-state index contributed by atoms with van der Waals surface area (Å²) in [5.41, 5.74) is 0. The number of anilines is 1. The molecule has 3 aromatic rings. The summed E-state index contributed by atoms with van der Waals surface area (Å²) in [5, 5.41) is 10.3. The second-order valence-electron chi connectivity index (χ2n) is 5.84. The molecular weight excluding hydrogens is 512 g/mol. The Morgan fingerprint density at radius 2 is 2.11 bits per heavy atom. The van der Waals surface area contributed by atoms with Gasteiger partial charge in [-0.2, -0.15) is 4.31 Å². The Balaban J connectivity index is 1.51. The third-order valence-corrected chi connectivity index (χ3v) is 9.28. The van der Waals surface area contributed by atoms with E-state index in [4.69, 9.17) is 16.0 Å². The fourth-order valence-corrected chi connectivity index (χ4v) is 7.41. The minimum Gasteiger partial charge on any atom is -0.402 e. The van der Waals surface area contributed by atoms with Gasteiger partial charge in [0.25, 0.3) is 15.9 Å². The van der Waals surface area contributed by atoms with Crippen LogP contribution in [0, 0.1) is 0 Å². The van der Waals surface area contributed by atoms with Gasteiger partial charge < -0.3 is 4.42 Å². The Kier molecular flexibility index (Phi) is 5.60. The monoisotopic (exact) mass is 522 g/mol. The molecule has 148 valence electrons. The average Bonchev–Trinajstić information content (AvgIpc) is 3.41. The normalized spacial score (nSPS) is 17.9. The molecule has 1 fully saturated rings. The van der Waals surface area contributed by atoms with Gasteiger partial charge in [-0.15, -0.1) is 27.8 Å². The van der Waals surface area contributed by atoms with Crippen molar-refractivity contribution in [1.82, 2.24) is 14.5 Å². The van der Waals surface area contributed by atoms with E-state index < -0.39 is 22.0 Å². The first-order chi connectivity index (χ1) is 13.3. The molecule has 1 N–H and O–H groups in total. The highest BCUT2D eigenvalue weighted by Gasteiger charge is 2.40. The zero-order valence-electron chi connectivity index (χ0n) is 14.0. The number of aromatic nitrogens is 2. The van der Waals surface area contributed by atoms with Crippen molar-refractivity contribution < 1.29 is 17.6 Å². The van der Waals surface area contributed by atoms with Crippen LogP contribution < -0.4 is 5.32 Å². The SMILES string of the molecule is O=C(Nc1nnc(-c2ccc(Br)s2)o1)C1CCCN1S(=O)(=O)c1ccc(Cl)s1. The van der Waals surface area contributed by atoms with Gasteiger partial charge in [-0.05, 0) is 53.0 Å². The molecule has 8 nitrogen and oxygen atoms in total. The Morgan fingerprint density at radius 1 is 1.29 bits per heavy atom. The summed E-state index contributed by atoms with van der Waals surface area (Å²) in [6.07, 6.45) is 0.984. The molecule has 0 aromatic carbocycles. The number of sulfonamides is 1. The van der Waals surface area contributed by atoms with E-state index in [1.54, 1.807) is 0 Å². The van der Waals surface area contributed by atoms with Gasteiger partial charge >= 0.3 is 6.01 Å². The lowest BCUT2D eigenvalue weighted by Crippen LogP contribution is -2.42. The predicted molar refractivity (Wildman–Crippen MR) is 110 cm³/mol. The number of nitrogens with one attached hydrogen (secondary N) is 1. The topological polar surface area (TPSA) is 105 Å². The lowest BCUT2D eigenvalue weighted by molar-refractivity contribution is -0.119. The molecule has 1 atom stereocenters. The predicted octanol–water partition coefficient (Wildman–Crippen LogP) is 4.07. The minimum absolute atomic E-state index is 0.0760. The maximum absolute atomic E-state index is 12.8. The van der Waals surface area contributed by atoms with Crippen LogP contribution in [0.2, 0.25) is 4.34 Å². The van der Waals surface area contributed by atoms with Crippen molar-refractivity contribution in [2.45, 2.75) is 23.1 Å². The molecular formula is C15H12BrClN4O4S3. The number of rotatable bonds is 5. The zero-order valence-corrected chi connectivity index (χ0v) is 18.8. The average molecular weight is 524 g/mol. The van der Waals surface area contributed by atoms with Crippen LogP contribution in [-0.4, -0.2) is 41.4 Å². The van der Waals surface area contributed by atoms with Crippen LogP contribution in [-0.2, 0) is 14.8 Å². The van der Waals surface area contributed by atoms with Crippen molar-refractivity contribution in [1.29, 1.82) is 0 Å². The van der Waals surface area contributed by atoms with Gasteiger partial charge in [0.15, 0.2) is 0 Å². The Bertz CT molecular complexity index is 1130. The largest absolute Gasteiger partial charge is 0.402 e. The summed E-state index contributed by atoms with van der Waals surface area (Å²) in [6, 6.07) is 5.70. The Hall–Kier alpha value is -1.31. The van der Waals surface area contributed by atoms with Gasteiger partial charge in [0.2, 0.25) is 5.91 Å². The highest BCUT2D eigenvalue weighted by Crippen LogP contribution is 2.33. The van der Waals surface area contributed by atoms with E-state index in [2.05, 4.69) is 31.4 Å².